The number of hydrogen-bond acceptors (Lipinski definition) is 7. The molecule has 3 heterocycles. The summed E-state index contributed by atoms with van der Waals surface area (Å²) in [4.78, 5) is 35.6. The van der Waals surface area contributed by atoms with Gasteiger partial charge in [-0.2, -0.15) is 0 Å². The summed E-state index contributed by atoms with van der Waals surface area (Å²) < 4.78 is 45.8. The van der Waals surface area contributed by atoms with Crippen molar-refractivity contribution in [2.24, 2.45) is 0 Å². The summed E-state index contributed by atoms with van der Waals surface area (Å²) in [5, 5.41) is 0. The van der Waals surface area contributed by atoms with Crippen LogP contribution in [0.2, 0.25) is 0 Å². The number of halogens is 2. The van der Waals surface area contributed by atoms with Gasteiger partial charge >= 0.3 is 0 Å². The molecule has 0 unspecified atom stereocenters. The fourth-order valence-corrected chi connectivity index (χ4v) is 4.71. The number of aromatic nitrogens is 3. The number of ketones is 1. The van der Waals surface area contributed by atoms with Crippen LogP contribution in [0.3, 0.4) is 0 Å². The number of benzene rings is 2. The van der Waals surface area contributed by atoms with Gasteiger partial charge in [0.1, 0.15) is 23.8 Å². The van der Waals surface area contributed by atoms with Gasteiger partial charge in [0.05, 0.1) is 36.6 Å². The van der Waals surface area contributed by atoms with Crippen LogP contribution in [0.25, 0.3) is 22.2 Å². The summed E-state index contributed by atoms with van der Waals surface area (Å²) in [7, 11) is 3.01. The van der Waals surface area contributed by atoms with E-state index in [1.807, 2.05) is 0 Å². The van der Waals surface area contributed by atoms with E-state index in [1.54, 1.807) is 54.1 Å². The van der Waals surface area contributed by atoms with Crippen molar-refractivity contribution in [1.82, 2.24) is 14.5 Å². The molecule has 0 saturated carbocycles. The predicted molar refractivity (Wildman–Crippen MR) is 154 cm³/mol. The number of Topliss-reactive ketones (excluding diaryl/α,β-unsaturated/α-hetero) is 1. The maximum Gasteiger partial charge on any atom is 0.257 e. The lowest BCUT2D eigenvalue weighted by Crippen LogP contribution is -2.24. The standard InChI is InChI=1S/C32H27F2N3O5/c1-4-37-18-23(31(39)29(25(37)17-33)20-7-9-21(34)10-8-20)26(38)15-19-5-11-22(12-6-19)42-27-13-14-35-24-16-28(40-2)32(41-3)36-30(24)27/h5-14,16,18H,4,15,17H2,1-3H3. The van der Waals surface area contributed by atoms with E-state index in [9.17, 15) is 18.4 Å². The Labute approximate surface area is 240 Å². The van der Waals surface area contributed by atoms with E-state index in [0.29, 0.717) is 51.8 Å². The Kier molecular flexibility index (Phi) is 8.24. The van der Waals surface area contributed by atoms with Gasteiger partial charge in [-0.1, -0.05) is 24.3 Å². The van der Waals surface area contributed by atoms with Crippen LogP contribution in [0.4, 0.5) is 8.78 Å². The third-order valence-electron chi connectivity index (χ3n) is 6.83. The van der Waals surface area contributed by atoms with Crippen LogP contribution in [0, 0.1) is 5.82 Å². The van der Waals surface area contributed by atoms with Crippen LogP contribution in [0.15, 0.2) is 77.9 Å². The van der Waals surface area contributed by atoms with E-state index in [-0.39, 0.29) is 23.2 Å². The van der Waals surface area contributed by atoms with E-state index in [0.717, 1.165) is 0 Å². The van der Waals surface area contributed by atoms with Gasteiger partial charge in [0.15, 0.2) is 17.3 Å². The number of rotatable bonds is 10. The smallest absolute Gasteiger partial charge is 0.257 e. The summed E-state index contributed by atoms with van der Waals surface area (Å²) >= 11 is 0. The summed E-state index contributed by atoms with van der Waals surface area (Å²) in [5.74, 6) is 0.777. The van der Waals surface area contributed by atoms with Gasteiger partial charge in [0.25, 0.3) is 5.88 Å². The lowest BCUT2D eigenvalue weighted by Gasteiger charge is -2.16. The second kappa shape index (κ2) is 12.2. The molecule has 10 heteroatoms. The average Bonchev–Trinajstić information content (AvgIpc) is 3.01. The molecule has 2 aromatic carbocycles. The SMILES string of the molecule is CCn1cc(C(=O)Cc2ccc(Oc3ccnc4cc(OC)c(OC)nc34)cc2)c(=O)c(-c2ccc(F)cc2)c1CF. The van der Waals surface area contributed by atoms with Crippen LogP contribution >= 0.6 is 0 Å². The molecule has 0 N–H and O–H groups in total. The molecule has 0 bridgehead atoms. The van der Waals surface area contributed by atoms with Crippen molar-refractivity contribution in [3.05, 3.63) is 106 Å². The van der Waals surface area contributed by atoms with Gasteiger partial charge in [-0.25, -0.2) is 13.8 Å². The molecule has 3 aromatic heterocycles. The van der Waals surface area contributed by atoms with Gasteiger partial charge in [-0.15, -0.1) is 0 Å². The molecule has 5 rings (SSSR count). The monoisotopic (exact) mass is 571 g/mol. The van der Waals surface area contributed by atoms with Crippen molar-refractivity contribution in [3.63, 3.8) is 0 Å². The highest BCUT2D eigenvalue weighted by molar-refractivity contribution is 5.98. The predicted octanol–water partition coefficient (Wildman–Crippen LogP) is 6.32. The summed E-state index contributed by atoms with van der Waals surface area (Å²) in [6.07, 6.45) is 2.93. The second-order valence-corrected chi connectivity index (χ2v) is 9.34. The first-order valence-electron chi connectivity index (χ1n) is 13.1. The molecule has 0 amide bonds. The zero-order chi connectivity index (χ0) is 29.8. The van der Waals surface area contributed by atoms with Crippen LogP contribution in [0.1, 0.15) is 28.5 Å². The van der Waals surface area contributed by atoms with Crippen molar-refractivity contribution in [2.75, 3.05) is 14.2 Å². The largest absolute Gasteiger partial charge is 0.491 e. The number of carbonyl (C=O) groups excluding carboxylic acids is 1. The molecule has 214 valence electrons. The Balaban J connectivity index is 1.41. The molecule has 0 fully saturated rings. The molecule has 42 heavy (non-hydrogen) atoms. The van der Waals surface area contributed by atoms with Crippen LogP contribution in [0.5, 0.6) is 23.1 Å². The highest BCUT2D eigenvalue weighted by atomic mass is 19.1. The quantitative estimate of drug-likeness (QED) is 0.181. The molecule has 0 saturated heterocycles. The first kappa shape index (κ1) is 28.4. The van der Waals surface area contributed by atoms with E-state index in [4.69, 9.17) is 14.2 Å². The number of aryl methyl sites for hydroxylation is 1. The van der Waals surface area contributed by atoms with E-state index in [1.165, 1.54) is 44.7 Å². The lowest BCUT2D eigenvalue weighted by molar-refractivity contribution is 0.0991. The van der Waals surface area contributed by atoms with Crippen LogP contribution < -0.4 is 19.6 Å². The van der Waals surface area contributed by atoms with Crippen LogP contribution in [-0.4, -0.2) is 34.5 Å². The summed E-state index contributed by atoms with van der Waals surface area (Å²) in [6.45, 7) is 1.23. The van der Waals surface area contributed by atoms with Gasteiger partial charge in [0, 0.05) is 37.5 Å². The minimum Gasteiger partial charge on any atom is -0.491 e. The minimum atomic E-state index is -0.908. The number of pyridine rings is 3. The van der Waals surface area contributed by atoms with Crippen molar-refractivity contribution in [1.29, 1.82) is 0 Å². The van der Waals surface area contributed by atoms with Crippen molar-refractivity contribution in [2.45, 2.75) is 26.6 Å². The number of ether oxygens (including phenoxy) is 3. The van der Waals surface area contributed by atoms with Gasteiger partial charge in [0.2, 0.25) is 5.43 Å². The Bertz CT molecular complexity index is 1820. The zero-order valence-corrected chi connectivity index (χ0v) is 23.2. The topological polar surface area (TPSA) is 92.5 Å². The highest BCUT2D eigenvalue weighted by Crippen LogP contribution is 2.34. The fourth-order valence-electron chi connectivity index (χ4n) is 4.71. The average molecular weight is 572 g/mol. The number of fused-ring (bicyclic) bond motifs is 1. The molecule has 0 spiro atoms. The number of nitrogens with zero attached hydrogens (tertiary/aromatic N) is 3. The Morgan fingerprint density at radius 1 is 0.976 bits per heavy atom. The van der Waals surface area contributed by atoms with Crippen molar-refractivity contribution in [3.8, 4) is 34.3 Å². The van der Waals surface area contributed by atoms with Gasteiger partial charge in [-0.3, -0.25) is 14.6 Å². The Morgan fingerprint density at radius 3 is 2.36 bits per heavy atom. The Morgan fingerprint density at radius 2 is 1.71 bits per heavy atom. The van der Waals surface area contributed by atoms with Crippen molar-refractivity contribution < 1.29 is 27.8 Å². The van der Waals surface area contributed by atoms with Gasteiger partial charge < -0.3 is 18.8 Å². The number of methoxy groups -OCH3 is 2. The Hall–Kier alpha value is -5.12. The van der Waals surface area contributed by atoms with Gasteiger partial charge in [-0.05, 0) is 42.3 Å². The summed E-state index contributed by atoms with van der Waals surface area (Å²) in [5.41, 5.74) is 1.58. The molecule has 0 atom stereocenters. The molecule has 0 aliphatic carbocycles. The number of hydrogen-bond donors (Lipinski definition) is 0. The molecule has 0 radical (unpaired) electrons. The first-order chi connectivity index (χ1) is 20.4. The van der Waals surface area contributed by atoms with E-state index in [2.05, 4.69) is 9.97 Å². The lowest BCUT2D eigenvalue weighted by atomic mass is 9.97. The molecule has 0 aliphatic rings. The first-order valence-corrected chi connectivity index (χ1v) is 13.1. The number of carbonyl (C=O) groups is 1. The second-order valence-electron chi connectivity index (χ2n) is 9.34. The fraction of sp³-hybridized carbons (Fsp3) is 0.188. The highest BCUT2D eigenvalue weighted by Gasteiger charge is 2.21. The molecule has 8 nitrogen and oxygen atoms in total. The maximum absolute atomic E-state index is 14.1. The van der Waals surface area contributed by atoms with Crippen molar-refractivity contribution >= 4 is 16.8 Å². The summed E-state index contributed by atoms with van der Waals surface area (Å²) in [6, 6.07) is 15.5. The number of alkyl halides is 1. The third-order valence-corrected chi connectivity index (χ3v) is 6.83. The molecular formula is C32H27F2N3O5. The van der Waals surface area contributed by atoms with Crippen LogP contribution in [-0.2, 0) is 19.6 Å². The molecule has 5 aromatic rings. The van der Waals surface area contributed by atoms with E-state index >= 15 is 0 Å². The zero-order valence-electron chi connectivity index (χ0n) is 23.2. The molecular weight excluding hydrogens is 544 g/mol. The minimum absolute atomic E-state index is 0.0568. The third kappa shape index (κ3) is 5.56. The van der Waals surface area contributed by atoms with E-state index < -0.39 is 23.7 Å². The maximum atomic E-state index is 14.1. The molecule has 0 aliphatic heterocycles. The normalized spacial score (nSPS) is 11.0.